The molecule has 2 heterocycles. The smallest absolute Gasteiger partial charge is 0.341 e. The van der Waals surface area contributed by atoms with Crippen LogP contribution in [0.15, 0.2) is 5.16 Å². The minimum Gasteiger partial charge on any atom is -0.341 e. The number of hydrogen-bond acceptors (Lipinski definition) is 5. The highest BCUT2D eigenvalue weighted by Crippen LogP contribution is 2.29. The molecule has 0 bridgehead atoms. The van der Waals surface area contributed by atoms with Gasteiger partial charge >= 0.3 is 6.18 Å². The quantitative estimate of drug-likeness (QED) is 0.670. The maximum Gasteiger partial charge on any atom is 0.453 e. The summed E-state index contributed by atoms with van der Waals surface area (Å²) in [6.07, 6.45) is -3.59. The Bertz CT molecular complexity index is 537. The van der Waals surface area contributed by atoms with E-state index >= 15 is 0 Å². The molecule has 1 amide bonds. The number of amides is 1. The zero-order valence-electron chi connectivity index (χ0n) is 12.3. The van der Waals surface area contributed by atoms with Gasteiger partial charge in [-0.15, -0.1) is 10.2 Å². The fourth-order valence-corrected chi connectivity index (χ4v) is 3.41. The van der Waals surface area contributed by atoms with Crippen molar-refractivity contribution >= 4 is 17.7 Å². The SMILES string of the molecule is C[C@H]1C[C@H](C)CN(C(=O)CSc2nnc(C(F)(F)F)n2N)C1. The highest BCUT2D eigenvalue weighted by Gasteiger charge is 2.38. The van der Waals surface area contributed by atoms with Gasteiger partial charge in [-0.2, -0.15) is 13.2 Å². The van der Waals surface area contributed by atoms with Crippen molar-refractivity contribution in [3.05, 3.63) is 5.82 Å². The van der Waals surface area contributed by atoms with Crippen molar-refractivity contribution < 1.29 is 18.0 Å². The number of piperidine rings is 1. The summed E-state index contributed by atoms with van der Waals surface area (Å²) >= 11 is 0.861. The lowest BCUT2D eigenvalue weighted by atomic mass is 9.92. The van der Waals surface area contributed by atoms with Gasteiger partial charge in [0.2, 0.25) is 11.1 Å². The number of hydrogen-bond donors (Lipinski definition) is 1. The Morgan fingerprint density at radius 1 is 1.32 bits per heavy atom. The van der Waals surface area contributed by atoms with E-state index in [1.165, 1.54) is 0 Å². The monoisotopic (exact) mass is 337 g/mol. The van der Waals surface area contributed by atoms with Gasteiger partial charge in [-0.1, -0.05) is 25.6 Å². The molecule has 2 N–H and O–H groups in total. The van der Waals surface area contributed by atoms with E-state index < -0.39 is 12.0 Å². The first-order valence-electron chi connectivity index (χ1n) is 6.86. The predicted molar refractivity (Wildman–Crippen MR) is 75.4 cm³/mol. The third-order valence-electron chi connectivity index (χ3n) is 3.46. The zero-order valence-corrected chi connectivity index (χ0v) is 13.1. The minimum absolute atomic E-state index is 0.00731. The van der Waals surface area contributed by atoms with Crippen LogP contribution >= 0.6 is 11.8 Å². The summed E-state index contributed by atoms with van der Waals surface area (Å²) in [7, 11) is 0. The molecule has 2 atom stereocenters. The van der Waals surface area contributed by atoms with E-state index in [0.29, 0.717) is 29.6 Å². The van der Waals surface area contributed by atoms with Crippen molar-refractivity contribution in [2.24, 2.45) is 11.8 Å². The van der Waals surface area contributed by atoms with Crippen molar-refractivity contribution in [1.82, 2.24) is 19.8 Å². The fraction of sp³-hybridized carbons (Fsp3) is 0.750. The van der Waals surface area contributed by atoms with Gasteiger partial charge < -0.3 is 10.7 Å². The van der Waals surface area contributed by atoms with Gasteiger partial charge in [0.05, 0.1) is 5.75 Å². The molecule has 0 aliphatic carbocycles. The standard InChI is InChI=1S/C12H18F3N5OS/c1-7-3-8(2)5-19(4-7)9(21)6-22-11-18-17-10(20(11)16)12(13,14)15/h7-8H,3-6,16H2,1-2H3/t7-,8-/m0/s1. The molecule has 0 saturated carbocycles. The van der Waals surface area contributed by atoms with Crippen LogP contribution in [0.25, 0.3) is 0 Å². The van der Waals surface area contributed by atoms with Crippen LogP contribution in [-0.4, -0.2) is 44.5 Å². The molecule has 0 aromatic carbocycles. The number of nitrogen functional groups attached to an aromatic ring is 1. The second-order valence-electron chi connectivity index (χ2n) is 5.71. The topological polar surface area (TPSA) is 77.0 Å². The van der Waals surface area contributed by atoms with E-state index in [4.69, 9.17) is 5.84 Å². The van der Waals surface area contributed by atoms with Gasteiger partial charge in [0, 0.05) is 13.1 Å². The van der Waals surface area contributed by atoms with E-state index in [0.717, 1.165) is 18.2 Å². The molecule has 22 heavy (non-hydrogen) atoms. The minimum atomic E-state index is -4.66. The summed E-state index contributed by atoms with van der Waals surface area (Å²) in [4.78, 5) is 13.9. The molecule has 1 aliphatic rings. The summed E-state index contributed by atoms with van der Waals surface area (Å²) in [5.74, 6) is 4.76. The summed E-state index contributed by atoms with van der Waals surface area (Å²) in [6, 6.07) is 0. The van der Waals surface area contributed by atoms with Gasteiger partial charge in [0.25, 0.3) is 5.82 Å². The molecule has 0 radical (unpaired) electrons. The molecule has 1 saturated heterocycles. The largest absolute Gasteiger partial charge is 0.453 e. The molecular weight excluding hydrogens is 319 g/mol. The maximum absolute atomic E-state index is 12.6. The van der Waals surface area contributed by atoms with Gasteiger partial charge in [-0.05, 0) is 18.3 Å². The lowest BCUT2D eigenvalue weighted by molar-refractivity contribution is -0.146. The number of rotatable bonds is 3. The van der Waals surface area contributed by atoms with E-state index in [1.807, 2.05) is 0 Å². The van der Waals surface area contributed by atoms with Crippen molar-refractivity contribution in [2.45, 2.75) is 31.6 Å². The van der Waals surface area contributed by atoms with Crippen LogP contribution in [0.5, 0.6) is 0 Å². The Balaban J connectivity index is 1.96. The van der Waals surface area contributed by atoms with Gasteiger partial charge in [0.1, 0.15) is 0 Å². The summed E-state index contributed by atoms with van der Waals surface area (Å²) in [6.45, 7) is 5.50. The molecule has 1 fully saturated rings. The number of aromatic nitrogens is 3. The second-order valence-corrected chi connectivity index (χ2v) is 6.65. The Hall–Kier alpha value is -1.45. The van der Waals surface area contributed by atoms with Crippen LogP contribution in [0, 0.1) is 11.8 Å². The molecule has 0 unspecified atom stereocenters. The van der Waals surface area contributed by atoms with Crippen molar-refractivity contribution in [3.63, 3.8) is 0 Å². The molecule has 10 heteroatoms. The lowest BCUT2D eigenvalue weighted by Crippen LogP contribution is -2.43. The van der Waals surface area contributed by atoms with Crippen LogP contribution in [0.2, 0.25) is 0 Å². The van der Waals surface area contributed by atoms with E-state index in [2.05, 4.69) is 24.0 Å². The van der Waals surface area contributed by atoms with Gasteiger partial charge in [-0.3, -0.25) is 4.79 Å². The number of likely N-dealkylation sites (tertiary alicyclic amines) is 1. The van der Waals surface area contributed by atoms with Crippen LogP contribution in [-0.2, 0) is 11.0 Å². The van der Waals surface area contributed by atoms with E-state index in [-0.39, 0.29) is 16.8 Å². The molecule has 1 aliphatic heterocycles. The number of halogens is 3. The van der Waals surface area contributed by atoms with Crippen molar-refractivity contribution in [3.8, 4) is 0 Å². The molecular formula is C12H18F3N5OS. The Kier molecular flexibility index (Phi) is 4.88. The molecule has 1 aromatic heterocycles. The Morgan fingerprint density at radius 3 is 2.41 bits per heavy atom. The number of carbonyl (C=O) groups excluding carboxylic acids is 1. The number of alkyl halides is 3. The highest BCUT2D eigenvalue weighted by atomic mass is 32.2. The number of nitrogens with zero attached hydrogens (tertiary/aromatic N) is 4. The summed E-state index contributed by atoms with van der Waals surface area (Å²) in [5.41, 5.74) is 0. The third-order valence-corrected chi connectivity index (χ3v) is 4.39. The molecule has 124 valence electrons. The number of carbonyl (C=O) groups is 1. The van der Waals surface area contributed by atoms with E-state index in [9.17, 15) is 18.0 Å². The average Bonchev–Trinajstić information content (AvgIpc) is 2.76. The summed E-state index contributed by atoms with van der Waals surface area (Å²) < 4.78 is 38.0. The maximum atomic E-state index is 12.6. The van der Waals surface area contributed by atoms with Crippen molar-refractivity contribution in [1.29, 1.82) is 0 Å². The molecule has 2 rings (SSSR count). The van der Waals surface area contributed by atoms with E-state index in [1.54, 1.807) is 4.90 Å². The Labute approximate surface area is 130 Å². The molecule has 6 nitrogen and oxygen atoms in total. The summed E-state index contributed by atoms with van der Waals surface area (Å²) in [5, 5.41) is 6.28. The first-order valence-corrected chi connectivity index (χ1v) is 7.85. The zero-order chi connectivity index (χ0) is 16.5. The predicted octanol–water partition coefficient (Wildman–Crippen LogP) is 1.61. The van der Waals surface area contributed by atoms with Gasteiger partial charge in [-0.25, -0.2) is 4.68 Å². The first kappa shape index (κ1) is 16.9. The van der Waals surface area contributed by atoms with Crippen LogP contribution in [0.1, 0.15) is 26.1 Å². The van der Waals surface area contributed by atoms with Crippen molar-refractivity contribution in [2.75, 3.05) is 24.7 Å². The van der Waals surface area contributed by atoms with Crippen LogP contribution in [0.3, 0.4) is 0 Å². The van der Waals surface area contributed by atoms with Gasteiger partial charge in [0.15, 0.2) is 0 Å². The highest BCUT2D eigenvalue weighted by molar-refractivity contribution is 7.99. The normalized spacial score (nSPS) is 22.9. The second kappa shape index (κ2) is 6.35. The van der Waals surface area contributed by atoms with Crippen LogP contribution < -0.4 is 5.84 Å². The Morgan fingerprint density at radius 2 is 1.91 bits per heavy atom. The number of nitrogens with two attached hydrogens (primary N) is 1. The lowest BCUT2D eigenvalue weighted by Gasteiger charge is -2.34. The fourth-order valence-electron chi connectivity index (χ4n) is 2.65. The average molecular weight is 337 g/mol. The first-order chi connectivity index (χ1) is 10.2. The van der Waals surface area contributed by atoms with Crippen LogP contribution in [0.4, 0.5) is 13.2 Å². The number of thioether (sulfide) groups is 1. The third kappa shape index (κ3) is 3.84. The molecule has 0 spiro atoms. The molecule has 1 aromatic rings.